The highest BCUT2D eigenvalue weighted by Crippen LogP contribution is 2.51. The number of aliphatic hydroxyl groups is 1. The Morgan fingerprint density at radius 3 is 2.72 bits per heavy atom. The van der Waals surface area contributed by atoms with Crippen molar-refractivity contribution < 1.29 is 19.4 Å². The van der Waals surface area contributed by atoms with Crippen LogP contribution in [0.3, 0.4) is 0 Å². The summed E-state index contributed by atoms with van der Waals surface area (Å²) in [4.78, 5) is 41.0. The summed E-state index contributed by atoms with van der Waals surface area (Å²) in [5.74, 6) is -1.47. The molecule has 0 saturated carbocycles. The zero-order valence-corrected chi connectivity index (χ0v) is 14.9. The van der Waals surface area contributed by atoms with E-state index >= 15 is 0 Å². The number of carbonyl (C=O) groups excluding carboxylic acids is 2. The van der Waals surface area contributed by atoms with E-state index in [2.05, 4.69) is 20.9 Å². The molecule has 0 fully saturated rings. The number of esters is 1. The first-order valence-electron chi connectivity index (χ1n) is 7.50. The van der Waals surface area contributed by atoms with Crippen LogP contribution in [0.15, 0.2) is 33.5 Å². The first kappa shape index (κ1) is 16.0. The highest BCUT2D eigenvalue weighted by atomic mass is 79.9. The molecule has 1 aromatic heterocycles. The fraction of sp³-hybridized carbons (Fsp3) is 0.235. The zero-order valence-electron chi connectivity index (χ0n) is 13.3. The highest BCUT2D eigenvalue weighted by molar-refractivity contribution is 9.10. The number of hydrogen-bond donors (Lipinski definition) is 2. The minimum atomic E-state index is -2.10. The fourth-order valence-corrected chi connectivity index (χ4v) is 3.87. The number of ether oxygens (including phenoxy) is 1. The SMILES string of the molecule is Cc1cc2c(c(=O)[nH]1)C(=O)OC2C1(O)C(=O)N(C)c2ccc(Br)cc21. The first-order valence-corrected chi connectivity index (χ1v) is 8.29. The van der Waals surface area contributed by atoms with Gasteiger partial charge in [-0.05, 0) is 31.2 Å². The second-order valence-electron chi connectivity index (χ2n) is 6.19. The quantitative estimate of drug-likeness (QED) is 0.701. The number of halogens is 1. The van der Waals surface area contributed by atoms with Crippen molar-refractivity contribution >= 4 is 33.5 Å². The number of aromatic amines is 1. The largest absolute Gasteiger partial charge is 0.450 e. The molecule has 0 bridgehead atoms. The lowest BCUT2D eigenvalue weighted by molar-refractivity contribution is -0.149. The van der Waals surface area contributed by atoms with Crippen molar-refractivity contribution in [3.8, 4) is 0 Å². The highest BCUT2D eigenvalue weighted by Gasteiger charge is 2.59. The summed E-state index contributed by atoms with van der Waals surface area (Å²) in [7, 11) is 1.54. The minimum absolute atomic E-state index is 0.178. The number of fused-ring (bicyclic) bond motifs is 2. The van der Waals surface area contributed by atoms with E-state index in [4.69, 9.17) is 4.74 Å². The van der Waals surface area contributed by atoms with Gasteiger partial charge in [0.15, 0.2) is 6.10 Å². The van der Waals surface area contributed by atoms with Crippen molar-refractivity contribution in [3.05, 3.63) is 61.5 Å². The Balaban J connectivity index is 1.99. The molecule has 4 rings (SSSR count). The number of nitrogens with zero attached hydrogens (tertiary/aromatic N) is 1. The van der Waals surface area contributed by atoms with E-state index in [0.717, 1.165) is 0 Å². The van der Waals surface area contributed by atoms with Crippen LogP contribution in [0.4, 0.5) is 5.69 Å². The lowest BCUT2D eigenvalue weighted by atomic mass is 9.85. The molecule has 0 radical (unpaired) electrons. The maximum absolute atomic E-state index is 12.9. The van der Waals surface area contributed by atoms with E-state index in [0.29, 0.717) is 21.4 Å². The summed E-state index contributed by atoms with van der Waals surface area (Å²) in [6.45, 7) is 1.65. The summed E-state index contributed by atoms with van der Waals surface area (Å²) in [6, 6.07) is 6.60. The third-order valence-corrected chi connectivity index (χ3v) is 5.14. The van der Waals surface area contributed by atoms with Gasteiger partial charge in [-0.25, -0.2) is 4.79 Å². The van der Waals surface area contributed by atoms with Crippen molar-refractivity contribution in [2.24, 2.45) is 0 Å². The predicted molar refractivity (Wildman–Crippen MR) is 91.4 cm³/mol. The van der Waals surface area contributed by atoms with Crippen LogP contribution in [-0.2, 0) is 15.1 Å². The Morgan fingerprint density at radius 2 is 2.00 bits per heavy atom. The molecule has 2 aliphatic rings. The Morgan fingerprint density at radius 1 is 1.28 bits per heavy atom. The van der Waals surface area contributed by atoms with Crippen molar-refractivity contribution in [3.63, 3.8) is 0 Å². The van der Waals surface area contributed by atoms with Crippen LogP contribution >= 0.6 is 15.9 Å². The molecule has 0 saturated heterocycles. The van der Waals surface area contributed by atoms with Gasteiger partial charge in [-0.3, -0.25) is 9.59 Å². The molecule has 128 valence electrons. The third-order valence-electron chi connectivity index (χ3n) is 4.65. The molecule has 1 amide bonds. The smallest absolute Gasteiger partial charge is 0.344 e. The first-order chi connectivity index (χ1) is 11.7. The van der Waals surface area contributed by atoms with Gasteiger partial charge >= 0.3 is 5.97 Å². The van der Waals surface area contributed by atoms with Crippen molar-refractivity contribution in [2.45, 2.75) is 18.6 Å². The average molecular weight is 405 g/mol. The van der Waals surface area contributed by atoms with Gasteiger partial charge in [0.1, 0.15) is 5.56 Å². The van der Waals surface area contributed by atoms with Gasteiger partial charge in [-0.15, -0.1) is 0 Å². The van der Waals surface area contributed by atoms with Gasteiger partial charge in [-0.1, -0.05) is 15.9 Å². The monoisotopic (exact) mass is 404 g/mol. The van der Waals surface area contributed by atoms with E-state index in [1.54, 1.807) is 31.2 Å². The maximum atomic E-state index is 12.9. The molecule has 2 atom stereocenters. The third kappa shape index (κ3) is 1.98. The number of anilines is 1. The standard InChI is InChI=1S/C17H13BrN2O5/c1-7-5-9-12(14(21)19-7)15(22)25-13(9)17(24)10-6-8(18)3-4-11(10)20(2)16(17)23/h3-6,13,24H,1-2H3,(H,19,21). The Hall–Kier alpha value is -2.45. The number of rotatable bonds is 1. The van der Waals surface area contributed by atoms with Crippen LogP contribution in [0, 0.1) is 6.92 Å². The van der Waals surface area contributed by atoms with Crippen LogP contribution in [0.1, 0.15) is 33.3 Å². The van der Waals surface area contributed by atoms with E-state index in [1.807, 2.05) is 0 Å². The van der Waals surface area contributed by atoms with Crippen LogP contribution in [0.5, 0.6) is 0 Å². The molecule has 7 nitrogen and oxygen atoms in total. The number of aryl methyl sites for hydroxylation is 1. The van der Waals surface area contributed by atoms with Crippen LogP contribution in [0.2, 0.25) is 0 Å². The fourth-order valence-electron chi connectivity index (χ4n) is 3.51. The number of amides is 1. The number of aromatic nitrogens is 1. The lowest BCUT2D eigenvalue weighted by Crippen LogP contribution is -2.43. The predicted octanol–water partition coefficient (Wildman–Crippen LogP) is 1.52. The molecule has 2 unspecified atom stereocenters. The minimum Gasteiger partial charge on any atom is -0.450 e. The summed E-state index contributed by atoms with van der Waals surface area (Å²) in [6.07, 6.45) is -1.29. The molecule has 2 aromatic rings. The number of benzene rings is 1. The molecule has 2 N–H and O–H groups in total. The molecule has 3 heterocycles. The number of carbonyl (C=O) groups is 2. The van der Waals surface area contributed by atoms with Crippen LogP contribution < -0.4 is 10.5 Å². The molecule has 0 spiro atoms. The van der Waals surface area contributed by atoms with Crippen LogP contribution in [0.25, 0.3) is 0 Å². The molecule has 25 heavy (non-hydrogen) atoms. The van der Waals surface area contributed by atoms with Gasteiger partial charge < -0.3 is 19.7 Å². The maximum Gasteiger partial charge on any atom is 0.344 e. The second-order valence-corrected chi connectivity index (χ2v) is 7.10. The Kier molecular flexibility index (Phi) is 3.23. The summed E-state index contributed by atoms with van der Waals surface area (Å²) < 4.78 is 5.96. The number of hydrogen-bond acceptors (Lipinski definition) is 5. The number of likely N-dealkylation sites (N-methyl/N-ethyl adjacent to an activating group) is 1. The molecule has 8 heteroatoms. The van der Waals surface area contributed by atoms with E-state index < -0.39 is 29.1 Å². The summed E-state index contributed by atoms with van der Waals surface area (Å²) >= 11 is 3.33. The van der Waals surface area contributed by atoms with E-state index in [1.165, 1.54) is 11.9 Å². The Bertz CT molecular complexity index is 1010. The Labute approximate surface area is 150 Å². The molecule has 0 aliphatic carbocycles. The number of pyridine rings is 1. The molecule has 2 aliphatic heterocycles. The molecular formula is C17H13BrN2O5. The summed E-state index contributed by atoms with van der Waals surface area (Å²) in [5.41, 5.74) is -1.33. The topological polar surface area (TPSA) is 99.7 Å². The van der Waals surface area contributed by atoms with Gasteiger partial charge in [-0.2, -0.15) is 0 Å². The van der Waals surface area contributed by atoms with E-state index in [9.17, 15) is 19.5 Å². The van der Waals surface area contributed by atoms with Crippen LogP contribution in [-0.4, -0.2) is 29.0 Å². The van der Waals surface area contributed by atoms with Crippen molar-refractivity contribution in [1.82, 2.24) is 4.98 Å². The second kappa shape index (κ2) is 5.03. The number of cyclic esters (lactones) is 1. The zero-order chi connectivity index (χ0) is 18.1. The van der Waals surface area contributed by atoms with Gasteiger partial charge in [0.25, 0.3) is 11.5 Å². The number of nitrogens with one attached hydrogen (secondary N) is 1. The van der Waals surface area contributed by atoms with Gasteiger partial charge in [0.05, 0.1) is 5.69 Å². The van der Waals surface area contributed by atoms with Gasteiger partial charge in [0.2, 0.25) is 5.60 Å². The van der Waals surface area contributed by atoms with Crippen molar-refractivity contribution in [2.75, 3.05) is 11.9 Å². The van der Waals surface area contributed by atoms with Gasteiger partial charge in [0, 0.05) is 28.3 Å². The lowest BCUT2D eigenvalue weighted by Gasteiger charge is -2.28. The normalized spacial score (nSPS) is 24.3. The summed E-state index contributed by atoms with van der Waals surface area (Å²) in [5, 5.41) is 11.4. The molecular weight excluding hydrogens is 392 g/mol. The van der Waals surface area contributed by atoms with Crippen molar-refractivity contribution in [1.29, 1.82) is 0 Å². The number of H-pyrrole nitrogens is 1. The van der Waals surface area contributed by atoms with E-state index in [-0.39, 0.29) is 11.1 Å². The average Bonchev–Trinajstić information content (AvgIpc) is 2.97. The molecule has 1 aromatic carbocycles.